The first-order valence-electron chi connectivity index (χ1n) is 7.89. The number of hydrogen-bond donors (Lipinski definition) is 0. The van der Waals surface area contributed by atoms with E-state index in [0.29, 0.717) is 17.9 Å². The zero-order chi connectivity index (χ0) is 18.1. The summed E-state index contributed by atoms with van der Waals surface area (Å²) in [6.07, 6.45) is 4.79. The van der Waals surface area contributed by atoms with Crippen molar-refractivity contribution in [1.29, 1.82) is 0 Å². The van der Waals surface area contributed by atoms with Gasteiger partial charge in [0, 0.05) is 12.7 Å². The van der Waals surface area contributed by atoms with Gasteiger partial charge >= 0.3 is 0 Å². The fourth-order valence-corrected chi connectivity index (χ4v) is 2.38. The molecule has 134 valence electrons. The third kappa shape index (κ3) is 5.16. The smallest absolute Gasteiger partial charge is 0.188 e. The van der Waals surface area contributed by atoms with E-state index in [2.05, 4.69) is 6.08 Å². The highest BCUT2D eigenvalue weighted by Gasteiger charge is 2.06. The molecule has 0 aliphatic carbocycles. The van der Waals surface area contributed by atoms with Crippen molar-refractivity contribution in [3.8, 4) is 23.0 Å². The lowest BCUT2D eigenvalue weighted by Gasteiger charge is -2.11. The van der Waals surface area contributed by atoms with Gasteiger partial charge in [0.25, 0.3) is 0 Å². The quantitative estimate of drug-likeness (QED) is 0.645. The van der Waals surface area contributed by atoms with Crippen molar-refractivity contribution in [3.05, 3.63) is 53.6 Å². The molecule has 0 bridgehead atoms. The van der Waals surface area contributed by atoms with Crippen LogP contribution in [0, 0.1) is 0 Å². The Morgan fingerprint density at radius 1 is 0.800 bits per heavy atom. The molecule has 0 atom stereocenters. The minimum atomic E-state index is 0.207. The van der Waals surface area contributed by atoms with E-state index < -0.39 is 0 Å². The molecule has 5 nitrogen and oxygen atoms in total. The van der Waals surface area contributed by atoms with Gasteiger partial charge in [-0.05, 0) is 42.3 Å². The van der Waals surface area contributed by atoms with Gasteiger partial charge in [-0.15, -0.1) is 0 Å². The molecule has 0 aromatic heterocycles. The van der Waals surface area contributed by atoms with Crippen molar-refractivity contribution in [2.24, 2.45) is 0 Å². The van der Waals surface area contributed by atoms with Gasteiger partial charge in [0.05, 0.1) is 21.3 Å². The maximum absolute atomic E-state index is 5.61. The molecule has 0 amide bonds. The summed E-state index contributed by atoms with van der Waals surface area (Å²) < 4.78 is 26.5. The molecule has 0 aliphatic rings. The number of hydrogen-bond acceptors (Lipinski definition) is 5. The third-order valence-corrected chi connectivity index (χ3v) is 3.66. The first-order chi connectivity index (χ1) is 12.2. The number of ether oxygens (including phenoxy) is 5. The lowest BCUT2D eigenvalue weighted by molar-refractivity contribution is 0.0505. The van der Waals surface area contributed by atoms with Crippen molar-refractivity contribution in [2.45, 2.75) is 6.42 Å². The first kappa shape index (κ1) is 18.7. The Morgan fingerprint density at radius 2 is 1.56 bits per heavy atom. The van der Waals surface area contributed by atoms with Crippen LogP contribution < -0.4 is 18.9 Å². The summed E-state index contributed by atoms with van der Waals surface area (Å²) in [6.45, 7) is 0.207. The van der Waals surface area contributed by atoms with Crippen LogP contribution in [0.1, 0.15) is 11.1 Å². The Labute approximate surface area is 148 Å². The fraction of sp³-hybridized carbons (Fsp3) is 0.300. The van der Waals surface area contributed by atoms with E-state index in [1.54, 1.807) is 28.4 Å². The molecule has 0 fully saturated rings. The van der Waals surface area contributed by atoms with Gasteiger partial charge in [0.1, 0.15) is 11.5 Å². The minimum absolute atomic E-state index is 0.207. The number of allylic oxidation sites excluding steroid dienone is 1. The molecule has 0 heterocycles. The van der Waals surface area contributed by atoms with E-state index >= 15 is 0 Å². The van der Waals surface area contributed by atoms with Gasteiger partial charge < -0.3 is 23.7 Å². The van der Waals surface area contributed by atoms with Gasteiger partial charge in [-0.2, -0.15) is 0 Å². The van der Waals surface area contributed by atoms with Crippen molar-refractivity contribution < 1.29 is 23.7 Å². The molecule has 0 aliphatic heterocycles. The molecule has 2 aromatic carbocycles. The normalized spacial score (nSPS) is 10.7. The molecular weight excluding hydrogens is 320 g/mol. The molecular formula is C20H24O5. The Bertz CT molecular complexity index is 709. The second-order valence-corrected chi connectivity index (χ2v) is 5.25. The van der Waals surface area contributed by atoms with Crippen molar-refractivity contribution in [2.75, 3.05) is 35.2 Å². The summed E-state index contributed by atoms with van der Waals surface area (Å²) in [6, 6.07) is 11.5. The molecule has 2 rings (SSSR count). The molecule has 0 unspecified atom stereocenters. The monoisotopic (exact) mass is 344 g/mol. The van der Waals surface area contributed by atoms with Crippen LogP contribution in [-0.4, -0.2) is 35.2 Å². The van der Waals surface area contributed by atoms with Crippen LogP contribution in [-0.2, 0) is 11.2 Å². The van der Waals surface area contributed by atoms with Crippen LogP contribution in [0.2, 0.25) is 0 Å². The van der Waals surface area contributed by atoms with Crippen molar-refractivity contribution in [3.63, 3.8) is 0 Å². The Balaban J connectivity index is 2.15. The lowest BCUT2D eigenvalue weighted by Crippen LogP contribution is -2.01. The third-order valence-electron chi connectivity index (χ3n) is 3.66. The van der Waals surface area contributed by atoms with Crippen LogP contribution in [0.15, 0.2) is 42.5 Å². The Morgan fingerprint density at radius 3 is 2.24 bits per heavy atom. The zero-order valence-corrected chi connectivity index (χ0v) is 15.1. The van der Waals surface area contributed by atoms with Crippen LogP contribution in [0.3, 0.4) is 0 Å². The number of methoxy groups -OCH3 is 4. The van der Waals surface area contributed by atoms with Crippen molar-refractivity contribution in [1.82, 2.24) is 0 Å². The zero-order valence-electron chi connectivity index (χ0n) is 15.1. The predicted octanol–water partition coefficient (Wildman–Crippen LogP) is 3.95. The molecule has 0 radical (unpaired) electrons. The molecule has 0 saturated heterocycles. The average molecular weight is 344 g/mol. The molecule has 5 heteroatoms. The number of benzene rings is 2. The molecule has 0 N–H and O–H groups in total. The van der Waals surface area contributed by atoms with Gasteiger partial charge in [0.2, 0.25) is 0 Å². The number of rotatable bonds is 9. The predicted molar refractivity (Wildman–Crippen MR) is 97.8 cm³/mol. The standard InChI is InChI=1S/C20H24O5/c1-21-14-25-18-11-9-17(22-2)13-16(18)7-5-6-15-8-10-19(23-3)20(12-15)24-4/h5-6,8-13H,7,14H2,1-4H3/b6-5+. The van der Waals surface area contributed by atoms with Gasteiger partial charge in [-0.3, -0.25) is 0 Å². The van der Waals surface area contributed by atoms with E-state index in [1.165, 1.54) is 0 Å². The van der Waals surface area contributed by atoms with Gasteiger partial charge in [-0.1, -0.05) is 18.2 Å². The maximum Gasteiger partial charge on any atom is 0.188 e. The van der Waals surface area contributed by atoms with Gasteiger partial charge in [-0.25, -0.2) is 0 Å². The molecule has 0 saturated carbocycles. The van der Waals surface area contributed by atoms with Crippen molar-refractivity contribution >= 4 is 6.08 Å². The second-order valence-electron chi connectivity index (χ2n) is 5.25. The highest BCUT2D eigenvalue weighted by atomic mass is 16.7. The van der Waals surface area contributed by atoms with Gasteiger partial charge in [0.15, 0.2) is 18.3 Å². The van der Waals surface area contributed by atoms with E-state index in [1.807, 2.05) is 42.5 Å². The minimum Gasteiger partial charge on any atom is -0.497 e. The summed E-state index contributed by atoms with van der Waals surface area (Å²) >= 11 is 0. The summed E-state index contributed by atoms with van der Waals surface area (Å²) in [5.41, 5.74) is 2.05. The average Bonchev–Trinajstić information content (AvgIpc) is 2.66. The summed E-state index contributed by atoms with van der Waals surface area (Å²) in [5.74, 6) is 2.98. The highest BCUT2D eigenvalue weighted by Crippen LogP contribution is 2.29. The topological polar surface area (TPSA) is 46.2 Å². The van der Waals surface area contributed by atoms with Crippen LogP contribution >= 0.6 is 0 Å². The van der Waals surface area contributed by atoms with E-state index in [-0.39, 0.29) is 6.79 Å². The molecule has 25 heavy (non-hydrogen) atoms. The molecule has 0 spiro atoms. The lowest BCUT2D eigenvalue weighted by atomic mass is 10.1. The molecule has 2 aromatic rings. The SMILES string of the molecule is COCOc1ccc(OC)cc1C/C=C/c1ccc(OC)c(OC)c1. The van der Waals surface area contributed by atoms with E-state index in [0.717, 1.165) is 22.6 Å². The summed E-state index contributed by atoms with van der Waals surface area (Å²) in [5, 5.41) is 0. The Kier molecular flexibility index (Phi) is 7.16. The van der Waals surface area contributed by atoms with E-state index in [4.69, 9.17) is 23.7 Å². The van der Waals surface area contributed by atoms with Crippen LogP contribution in [0.4, 0.5) is 0 Å². The fourth-order valence-electron chi connectivity index (χ4n) is 2.38. The first-order valence-corrected chi connectivity index (χ1v) is 7.89. The summed E-state index contributed by atoms with van der Waals surface area (Å²) in [7, 11) is 6.49. The van der Waals surface area contributed by atoms with E-state index in [9.17, 15) is 0 Å². The Hall–Kier alpha value is -2.66. The largest absolute Gasteiger partial charge is 0.497 e. The second kappa shape index (κ2) is 9.59. The summed E-state index contributed by atoms with van der Waals surface area (Å²) in [4.78, 5) is 0. The van der Waals surface area contributed by atoms with Crippen LogP contribution in [0.25, 0.3) is 6.08 Å². The van der Waals surface area contributed by atoms with Crippen LogP contribution in [0.5, 0.6) is 23.0 Å². The maximum atomic E-state index is 5.61. The highest BCUT2D eigenvalue weighted by molar-refractivity contribution is 5.56.